The summed E-state index contributed by atoms with van der Waals surface area (Å²) in [5.41, 5.74) is 0.402. The summed E-state index contributed by atoms with van der Waals surface area (Å²) in [7, 11) is 0. The van der Waals surface area contributed by atoms with E-state index in [0.717, 1.165) is 35.5 Å². The largest absolute Gasteiger partial charge is 0.506 e. The predicted molar refractivity (Wildman–Crippen MR) is 94.8 cm³/mol. The molecule has 0 aliphatic carbocycles. The average Bonchev–Trinajstić information content (AvgIpc) is 3.25. The molecule has 2 aromatic rings. The highest BCUT2D eigenvalue weighted by molar-refractivity contribution is 8.01. The fraction of sp³-hybridized carbons (Fsp3) is 0.400. The molecule has 0 saturated carbocycles. The lowest BCUT2D eigenvalue weighted by Crippen LogP contribution is -2.18. The van der Waals surface area contributed by atoms with Crippen LogP contribution in [0.4, 0.5) is 10.8 Å². The van der Waals surface area contributed by atoms with E-state index in [0.29, 0.717) is 5.69 Å². The fourth-order valence-electron chi connectivity index (χ4n) is 2.24. The van der Waals surface area contributed by atoms with E-state index >= 15 is 0 Å². The van der Waals surface area contributed by atoms with Crippen molar-refractivity contribution in [1.29, 1.82) is 0 Å². The lowest BCUT2D eigenvalue weighted by molar-refractivity contribution is -0.113. The van der Waals surface area contributed by atoms with Gasteiger partial charge in [-0.25, -0.2) is 0 Å². The number of anilines is 2. The van der Waals surface area contributed by atoms with Gasteiger partial charge in [0.05, 0.1) is 17.5 Å². The molecule has 0 bridgehead atoms. The van der Waals surface area contributed by atoms with Gasteiger partial charge in [-0.3, -0.25) is 4.79 Å². The first-order valence-corrected chi connectivity index (χ1v) is 9.40. The Morgan fingerprint density at radius 1 is 1.42 bits per heavy atom. The molecule has 9 heteroatoms. The maximum atomic E-state index is 11.9. The number of aromatic hydroxyl groups is 1. The van der Waals surface area contributed by atoms with Crippen molar-refractivity contribution in [3.8, 4) is 5.75 Å². The molecule has 3 N–H and O–H groups in total. The molecule has 1 unspecified atom stereocenters. The third-order valence-corrected chi connectivity index (χ3v) is 5.43. The molecule has 1 aliphatic heterocycles. The molecule has 0 radical (unpaired) electrons. The van der Waals surface area contributed by atoms with Crippen LogP contribution in [-0.2, 0) is 9.53 Å². The summed E-state index contributed by atoms with van der Waals surface area (Å²) in [5.74, 6) is 0.0484. The molecule has 7 nitrogen and oxygen atoms in total. The van der Waals surface area contributed by atoms with Crippen molar-refractivity contribution < 1.29 is 14.6 Å². The number of carbonyl (C=O) groups excluding carboxylic acids is 1. The second-order valence-corrected chi connectivity index (χ2v) is 7.44. The number of aromatic nitrogens is 2. The molecular weight excluding hydrogens is 348 g/mol. The standard InChI is InChI=1S/C15H18N4O3S2/c20-12-6-2-1-5-11(12)17-13(21)9-23-15-19-18-14(24-15)16-8-10-4-3-7-22-10/h1-2,5-6,10,20H,3-4,7-9H2,(H,16,18)(H,17,21). The molecule has 1 atom stereocenters. The van der Waals surface area contributed by atoms with Crippen molar-refractivity contribution in [1.82, 2.24) is 10.2 Å². The molecule has 1 saturated heterocycles. The van der Waals surface area contributed by atoms with E-state index in [1.165, 1.54) is 29.2 Å². The number of ether oxygens (including phenoxy) is 1. The van der Waals surface area contributed by atoms with Gasteiger partial charge in [0.25, 0.3) is 0 Å². The number of nitrogens with one attached hydrogen (secondary N) is 2. The van der Waals surface area contributed by atoms with Crippen LogP contribution < -0.4 is 10.6 Å². The van der Waals surface area contributed by atoms with Crippen LogP contribution in [0.15, 0.2) is 28.6 Å². The highest BCUT2D eigenvalue weighted by Gasteiger charge is 2.16. The van der Waals surface area contributed by atoms with Crippen molar-refractivity contribution in [2.45, 2.75) is 23.3 Å². The van der Waals surface area contributed by atoms with E-state index in [9.17, 15) is 9.90 Å². The minimum atomic E-state index is -0.203. The Balaban J connectivity index is 1.43. The molecule has 128 valence electrons. The van der Waals surface area contributed by atoms with Gasteiger partial charge in [0.1, 0.15) is 5.75 Å². The molecule has 3 rings (SSSR count). The molecule has 1 aliphatic rings. The Kier molecular flexibility index (Phi) is 5.89. The Labute approximate surface area is 147 Å². The second kappa shape index (κ2) is 8.32. The molecule has 24 heavy (non-hydrogen) atoms. The minimum Gasteiger partial charge on any atom is -0.506 e. The van der Waals surface area contributed by atoms with Crippen molar-refractivity contribution in [2.75, 3.05) is 29.5 Å². The Bertz CT molecular complexity index is 689. The third kappa shape index (κ3) is 4.83. The molecule has 1 aromatic carbocycles. The van der Waals surface area contributed by atoms with Gasteiger partial charge in [0, 0.05) is 13.2 Å². The first-order chi connectivity index (χ1) is 11.7. The molecular formula is C15H18N4O3S2. The monoisotopic (exact) mass is 366 g/mol. The fourth-order valence-corrected chi connectivity index (χ4v) is 3.80. The van der Waals surface area contributed by atoms with E-state index < -0.39 is 0 Å². The van der Waals surface area contributed by atoms with Gasteiger partial charge in [-0.05, 0) is 25.0 Å². The van der Waals surface area contributed by atoms with E-state index in [1.54, 1.807) is 18.2 Å². The second-order valence-electron chi connectivity index (χ2n) is 5.24. The number of carbonyl (C=O) groups is 1. The number of benzene rings is 1. The maximum absolute atomic E-state index is 11.9. The number of hydrogen-bond acceptors (Lipinski definition) is 8. The zero-order chi connectivity index (χ0) is 16.8. The molecule has 1 amide bonds. The minimum absolute atomic E-state index is 0.0485. The van der Waals surface area contributed by atoms with Gasteiger partial charge in [-0.2, -0.15) is 0 Å². The van der Waals surface area contributed by atoms with Crippen LogP contribution in [0.3, 0.4) is 0 Å². The average molecular weight is 366 g/mol. The van der Waals surface area contributed by atoms with Crippen LogP contribution >= 0.6 is 23.1 Å². The number of phenolic OH excluding ortho intramolecular Hbond substituents is 1. The number of hydrogen-bond donors (Lipinski definition) is 3. The topological polar surface area (TPSA) is 96.4 Å². The van der Waals surface area contributed by atoms with Gasteiger partial charge in [-0.1, -0.05) is 35.2 Å². The van der Waals surface area contributed by atoms with E-state index in [2.05, 4.69) is 20.8 Å². The van der Waals surface area contributed by atoms with Crippen molar-refractivity contribution in [3.05, 3.63) is 24.3 Å². The number of thioether (sulfide) groups is 1. The zero-order valence-corrected chi connectivity index (χ0v) is 14.5. The first kappa shape index (κ1) is 17.0. The molecule has 1 fully saturated rings. The van der Waals surface area contributed by atoms with Crippen molar-refractivity contribution in [3.63, 3.8) is 0 Å². The summed E-state index contributed by atoms with van der Waals surface area (Å²) >= 11 is 2.72. The van der Waals surface area contributed by atoms with E-state index in [-0.39, 0.29) is 23.5 Å². The first-order valence-electron chi connectivity index (χ1n) is 7.60. The smallest absolute Gasteiger partial charge is 0.234 e. The van der Waals surface area contributed by atoms with Gasteiger partial charge < -0.3 is 20.5 Å². The van der Waals surface area contributed by atoms with E-state index in [1.807, 2.05) is 0 Å². The quantitative estimate of drug-likeness (QED) is 0.512. The van der Waals surface area contributed by atoms with Crippen LogP contribution in [-0.4, -0.2) is 46.2 Å². The zero-order valence-electron chi connectivity index (χ0n) is 12.9. The molecule has 2 heterocycles. The van der Waals surface area contributed by atoms with Crippen molar-refractivity contribution >= 4 is 39.8 Å². The predicted octanol–water partition coefficient (Wildman–Crippen LogP) is 2.57. The summed E-state index contributed by atoms with van der Waals surface area (Å²) < 4.78 is 6.26. The maximum Gasteiger partial charge on any atom is 0.234 e. The Morgan fingerprint density at radius 2 is 2.29 bits per heavy atom. The Hall–Kier alpha value is -1.84. The SMILES string of the molecule is O=C(CSc1nnc(NCC2CCCO2)s1)Nc1ccccc1O. The Morgan fingerprint density at radius 3 is 3.08 bits per heavy atom. The number of nitrogens with zero attached hydrogens (tertiary/aromatic N) is 2. The van der Waals surface area contributed by atoms with Gasteiger partial charge in [0.2, 0.25) is 11.0 Å². The molecule has 0 spiro atoms. The lowest BCUT2D eigenvalue weighted by atomic mass is 10.2. The van der Waals surface area contributed by atoms with Crippen LogP contribution in [0.2, 0.25) is 0 Å². The summed E-state index contributed by atoms with van der Waals surface area (Å²) in [6, 6.07) is 6.63. The summed E-state index contributed by atoms with van der Waals surface area (Å²) in [4.78, 5) is 11.9. The number of phenols is 1. The normalized spacial score (nSPS) is 16.9. The lowest BCUT2D eigenvalue weighted by Gasteiger charge is -2.08. The van der Waals surface area contributed by atoms with Crippen LogP contribution in [0.1, 0.15) is 12.8 Å². The van der Waals surface area contributed by atoms with Crippen LogP contribution in [0.5, 0.6) is 5.75 Å². The van der Waals surface area contributed by atoms with Gasteiger partial charge >= 0.3 is 0 Å². The number of rotatable bonds is 7. The summed E-state index contributed by atoms with van der Waals surface area (Å²) in [6.45, 7) is 1.56. The third-order valence-electron chi connectivity index (χ3n) is 3.42. The van der Waals surface area contributed by atoms with Crippen molar-refractivity contribution in [2.24, 2.45) is 0 Å². The summed E-state index contributed by atoms with van der Waals surface area (Å²) in [5, 5.41) is 24.4. The van der Waals surface area contributed by atoms with Gasteiger partial charge in [0.15, 0.2) is 4.34 Å². The highest BCUT2D eigenvalue weighted by Crippen LogP contribution is 2.27. The number of para-hydroxylation sites is 2. The highest BCUT2D eigenvalue weighted by atomic mass is 32.2. The van der Waals surface area contributed by atoms with Crippen LogP contribution in [0, 0.1) is 0 Å². The molecule has 1 aromatic heterocycles. The van der Waals surface area contributed by atoms with E-state index in [4.69, 9.17) is 4.74 Å². The van der Waals surface area contributed by atoms with Crippen LogP contribution in [0.25, 0.3) is 0 Å². The number of amides is 1. The summed E-state index contributed by atoms with van der Waals surface area (Å²) in [6.07, 6.45) is 2.42. The van der Waals surface area contributed by atoms with Gasteiger partial charge in [-0.15, -0.1) is 10.2 Å².